The number of Topliss-reactive ketones (excluding diaryl/α,β-unsaturated/α-hetero) is 1. The highest BCUT2D eigenvalue weighted by molar-refractivity contribution is 7.99. The van der Waals surface area contributed by atoms with Crippen molar-refractivity contribution in [1.29, 1.82) is 0 Å². The molecule has 0 radical (unpaired) electrons. The Bertz CT molecular complexity index is 1190. The zero-order valence-corrected chi connectivity index (χ0v) is 18.4. The fourth-order valence-corrected chi connectivity index (χ4v) is 4.41. The molecule has 0 fully saturated rings. The van der Waals surface area contributed by atoms with Gasteiger partial charge in [-0.05, 0) is 37.6 Å². The van der Waals surface area contributed by atoms with Gasteiger partial charge in [-0.3, -0.25) is 9.36 Å². The van der Waals surface area contributed by atoms with Crippen LogP contribution < -0.4 is 0 Å². The van der Waals surface area contributed by atoms with E-state index in [1.54, 1.807) is 12.3 Å². The van der Waals surface area contributed by atoms with Gasteiger partial charge in [0.15, 0.2) is 16.7 Å². The third-order valence-corrected chi connectivity index (χ3v) is 6.13. The van der Waals surface area contributed by atoms with Crippen LogP contribution in [0.25, 0.3) is 11.6 Å². The summed E-state index contributed by atoms with van der Waals surface area (Å²) in [4.78, 5) is 13.0. The predicted octanol–water partition coefficient (Wildman–Crippen LogP) is 5.17. The minimum atomic E-state index is 0.0742. The monoisotopic (exact) mass is 432 g/mol. The van der Waals surface area contributed by atoms with Crippen molar-refractivity contribution in [1.82, 2.24) is 19.3 Å². The summed E-state index contributed by atoms with van der Waals surface area (Å²) in [6, 6.07) is 15.9. The molecule has 158 valence electrons. The number of hydrogen-bond donors (Lipinski definition) is 0. The number of allylic oxidation sites excluding steroid dienone is 1. The second kappa shape index (κ2) is 9.22. The lowest BCUT2D eigenvalue weighted by Gasteiger charge is -2.10. The van der Waals surface area contributed by atoms with Gasteiger partial charge in [-0.25, -0.2) is 0 Å². The van der Waals surface area contributed by atoms with E-state index in [-0.39, 0.29) is 11.5 Å². The molecule has 7 heteroatoms. The Morgan fingerprint density at radius 1 is 1.13 bits per heavy atom. The molecule has 4 aromatic rings. The lowest BCUT2D eigenvalue weighted by Crippen LogP contribution is -2.08. The number of nitrogens with zero attached hydrogens (tertiary/aromatic N) is 4. The first-order valence-electron chi connectivity index (χ1n) is 10.0. The second-order valence-electron chi connectivity index (χ2n) is 7.25. The molecule has 0 bridgehead atoms. The third kappa shape index (κ3) is 4.41. The Labute approximate surface area is 185 Å². The fraction of sp³-hybridized carbons (Fsp3) is 0.208. The first-order chi connectivity index (χ1) is 15.1. The molecule has 0 aliphatic heterocycles. The molecule has 31 heavy (non-hydrogen) atoms. The number of hydrogen-bond acceptors (Lipinski definition) is 5. The van der Waals surface area contributed by atoms with E-state index < -0.39 is 0 Å². The van der Waals surface area contributed by atoms with Gasteiger partial charge in [0, 0.05) is 30.0 Å². The van der Waals surface area contributed by atoms with Crippen LogP contribution in [0.3, 0.4) is 0 Å². The van der Waals surface area contributed by atoms with Gasteiger partial charge in [0.25, 0.3) is 0 Å². The van der Waals surface area contributed by atoms with Crippen molar-refractivity contribution in [2.24, 2.45) is 0 Å². The molecule has 1 aromatic carbocycles. The lowest BCUT2D eigenvalue weighted by molar-refractivity contribution is 0.102. The molecule has 3 aromatic heterocycles. The van der Waals surface area contributed by atoms with E-state index in [1.807, 2.05) is 54.8 Å². The van der Waals surface area contributed by atoms with E-state index in [0.29, 0.717) is 23.3 Å². The molecule has 0 unspecified atom stereocenters. The Kier molecular flexibility index (Phi) is 6.23. The Hall–Kier alpha value is -3.32. The van der Waals surface area contributed by atoms with E-state index in [9.17, 15) is 4.79 Å². The molecule has 3 heterocycles. The smallest absolute Gasteiger partial charge is 0.200 e. The Balaban J connectivity index is 1.51. The molecule has 0 aliphatic rings. The zero-order valence-electron chi connectivity index (χ0n) is 17.6. The first-order valence-corrected chi connectivity index (χ1v) is 11.0. The molecule has 6 nitrogen and oxygen atoms in total. The summed E-state index contributed by atoms with van der Waals surface area (Å²) < 4.78 is 9.55. The number of carbonyl (C=O) groups excluding carboxylic acids is 1. The fourth-order valence-electron chi connectivity index (χ4n) is 3.58. The van der Waals surface area contributed by atoms with Crippen LogP contribution in [-0.2, 0) is 13.1 Å². The van der Waals surface area contributed by atoms with Crippen LogP contribution in [0.2, 0.25) is 0 Å². The van der Waals surface area contributed by atoms with Crippen molar-refractivity contribution < 1.29 is 9.21 Å². The highest BCUT2D eigenvalue weighted by Crippen LogP contribution is 2.26. The number of benzene rings is 1. The molecule has 0 atom stereocenters. The maximum Gasteiger partial charge on any atom is 0.200 e. The molecule has 0 amide bonds. The van der Waals surface area contributed by atoms with Gasteiger partial charge >= 0.3 is 0 Å². The van der Waals surface area contributed by atoms with Gasteiger partial charge in [-0.1, -0.05) is 48.2 Å². The summed E-state index contributed by atoms with van der Waals surface area (Å²) in [6.07, 6.45) is 3.38. The molecule has 0 saturated carbocycles. The number of ketones is 1. The number of aromatic nitrogens is 4. The van der Waals surface area contributed by atoms with Crippen molar-refractivity contribution >= 4 is 17.5 Å². The largest absolute Gasteiger partial charge is 0.461 e. The van der Waals surface area contributed by atoms with Crippen molar-refractivity contribution in [3.63, 3.8) is 0 Å². The molecule has 4 rings (SSSR count). The van der Waals surface area contributed by atoms with Crippen molar-refractivity contribution in [2.45, 2.75) is 32.1 Å². The van der Waals surface area contributed by atoms with Gasteiger partial charge in [-0.2, -0.15) is 0 Å². The van der Waals surface area contributed by atoms with Crippen LogP contribution in [0.1, 0.15) is 27.3 Å². The average Bonchev–Trinajstić information content (AvgIpc) is 3.50. The summed E-state index contributed by atoms with van der Waals surface area (Å²) in [5.74, 6) is 1.62. The lowest BCUT2D eigenvalue weighted by atomic mass is 10.2. The van der Waals surface area contributed by atoms with Gasteiger partial charge in [0.05, 0.1) is 12.0 Å². The van der Waals surface area contributed by atoms with Crippen LogP contribution in [0, 0.1) is 13.8 Å². The molecule has 0 N–H and O–H groups in total. The first kappa shape index (κ1) is 20.9. The Morgan fingerprint density at radius 2 is 1.94 bits per heavy atom. The predicted molar refractivity (Wildman–Crippen MR) is 122 cm³/mol. The van der Waals surface area contributed by atoms with E-state index in [1.165, 1.54) is 17.3 Å². The van der Waals surface area contributed by atoms with E-state index in [0.717, 1.165) is 23.5 Å². The van der Waals surface area contributed by atoms with Crippen molar-refractivity contribution in [3.8, 4) is 11.6 Å². The summed E-state index contributed by atoms with van der Waals surface area (Å²) in [5, 5.41) is 9.18. The minimum Gasteiger partial charge on any atom is -0.461 e. The highest BCUT2D eigenvalue weighted by atomic mass is 32.2. The van der Waals surface area contributed by atoms with Crippen LogP contribution in [0.4, 0.5) is 0 Å². The van der Waals surface area contributed by atoms with Gasteiger partial charge < -0.3 is 8.98 Å². The SMILES string of the molecule is C=CCn1c(SCC(=O)c2cc(C)n(Cc3ccccc3)c2C)nnc1-c1ccco1. The van der Waals surface area contributed by atoms with E-state index >= 15 is 0 Å². The topological polar surface area (TPSA) is 65.8 Å². The Morgan fingerprint density at radius 3 is 2.65 bits per heavy atom. The molecular formula is C24H24N4O2S. The second-order valence-corrected chi connectivity index (χ2v) is 8.19. The minimum absolute atomic E-state index is 0.0742. The van der Waals surface area contributed by atoms with E-state index in [2.05, 4.69) is 33.5 Å². The number of rotatable bonds is 9. The van der Waals surface area contributed by atoms with Crippen LogP contribution in [0.15, 0.2) is 77.0 Å². The van der Waals surface area contributed by atoms with Crippen molar-refractivity contribution in [3.05, 3.63) is 90.0 Å². The zero-order chi connectivity index (χ0) is 21.8. The summed E-state index contributed by atoms with van der Waals surface area (Å²) in [6.45, 7) is 9.14. The maximum absolute atomic E-state index is 13.0. The third-order valence-electron chi connectivity index (χ3n) is 5.16. The number of aryl methyl sites for hydroxylation is 1. The van der Waals surface area contributed by atoms with E-state index in [4.69, 9.17) is 4.42 Å². The number of furan rings is 1. The standard InChI is InChI=1S/C24H24N4O2S/c1-4-12-27-23(22-11-8-13-30-22)25-26-24(27)31-16-21(29)20-14-17(2)28(18(20)3)15-19-9-6-5-7-10-19/h4-11,13-14H,1,12,15-16H2,2-3H3. The summed E-state index contributed by atoms with van der Waals surface area (Å²) in [7, 11) is 0. The molecule has 0 spiro atoms. The average molecular weight is 433 g/mol. The van der Waals surface area contributed by atoms with Crippen LogP contribution in [0.5, 0.6) is 0 Å². The van der Waals surface area contributed by atoms with Crippen molar-refractivity contribution in [2.75, 3.05) is 5.75 Å². The normalized spacial score (nSPS) is 11.0. The maximum atomic E-state index is 13.0. The van der Waals surface area contributed by atoms with Gasteiger partial charge in [0.2, 0.25) is 5.82 Å². The molecule has 0 aliphatic carbocycles. The quantitative estimate of drug-likeness (QED) is 0.207. The van der Waals surface area contributed by atoms with Gasteiger partial charge in [-0.15, -0.1) is 16.8 Å². The number of carbonyl (C=O) groups is 1. The summed E-state index contributed by atoms with van der Waals surface area (Å²) >= 11 is 1.38. The van der Waals surface area contributed by atoms with Crippen LogP contribution in [-0.4, -0.2) is 30.9 Å². The van der Waals surface area contributed by atoms with Gasteiger partial charge in [0.1, 0.15) is 0 Å². The van der Waals surface area contributed by atoms with Crippen LogP contribution >= 0.6 is 11.8 Å². The molecule has 0 saturated heterocycles. The number of thioether (sulfide) groups is 1. The molecular weight excluding hydrogens is 408 g/mol. The summed E-state index contributed by atoms with van der Waals surface area (Å²) in [5.41, 5.74) is 4.02. The highest BCUT2D eigenvalue weighted by Gasteiger charge is 2.19.